The summed E-state index contributed by atoms with van der Waals surface area (Å²) in [6, 6.07) is 22.5. The summed E-state index contributed by atoms with van der Waals surface area (Å²) in [6.07, 6.45) is -0.407. The van der Waals surface area contributed by atoms with E-state index < -0.39 is 30.6 Å². The number of amides is 3. The van der Waals surface area contributed by atoms with Crippen LogP contribution in [0.25, 0.3) is 0 Å². The van der Waals surface area contributed by atoms with E-state index >= 15 is 0 Å². The number of ether oxygens (including phenoxy) is 4. The Kier molecular flexibility index (Phi) is 7.80. The fourth-order valence-electron chi connectivity index (χ4n) is 3.28. The Hall–Kier alpha value is -4.53. The molecule has 1 aliphatic rings. The maximum atomic E-state index is 12.5. The number of nitrogens with one attached hydrogen (secondary N) is 2. The molecular formula is C26H24N2O7. The van der Waals surface area contributed by atoms with Crippen LogP contribution in [0.1, 0.15) is 15.9 Å². The Morgan fingerprint density at radius 1 is 0.886 bits per heavy atom. The zero-order valence-corrected chi connectivity index (χ0v) is 18.8. The lowest BCUT2D eigenvalue weighted by Crippen LogP contribution is -2.46. The van der Waals surface area contributed by atoms with Crippen molar-refractivity contribution in [3.05, 3.63) is 90.0 Å². The number of esters is 1. The van der Waals surface area contributed by atoms with E-state index in [1.807, 2.05) is 42.5 Å². The van der Waals surface area contributed by atoms with E-state index in [-0.39, 0.29) is 25.3 Å². The Bertz CT molecular complexity index is 1180. The van der Waals surface area contributed by atoms with Crippen molar-refractivity contribution in [3.63, 3.8) is 0 Å². The number of hydrogen-bond donors (Lipinski definition) is 2. The van der Waals surface area contributed by atoms with Crippen LogP contribution in [0.5, 0.6) is 17.2 Å². The van der Waals surface area contributed by atoms with Crippen LogP contribution in [-0.2, 0) is 16.1 Å². The van der Waals surface area contributed by atoms with Gasteiger partial charge in [0.25, 0.3) is 5.91 Å². The van der Waals surface area contributed by atoms with Gasteiger partial charge in [-0.3, -0.25) is 10.1 Å². The molecule has 0 radical (unpaired) electrons. The third-order valence-electron chi connectivity index (χ3n) is 4.99. The van der Waals surface area contributed by atoms with Crippen molar-refractivity contribution in [3.8, 4) is 17.2 Å². The van der Waals surface area contributed by atoms with Gasteiger partial charge >= 0.3 is 12.0 Å². The number of benzene rings is 3. The van der Waals surface area contributed by atoms with E-state index in [0.29, 0.717) is 17.2 Å². The lowest BCUT2D eigenvalue weighted by Gasteiger charge is -2.26. The number of para-hydroxylation sites is 3. The maximum absolute atomic E-state index is 12.5. The maximum Gasteiger partial charge on any atom is 0.342 e. The average Bonchev–Trinajstić information content (AvgIpc) is 2.90. The van der Waals surface area contributed by atoms with E-state index in [1.165, 1.54) is 6.07 Å². The highest BCUT2D eigenvalue weighted by molar-refractivity contribution is 5.97. The first-order valence-electron chi connectivity index (χ1n) is 11.0. The highest BCUT2D eigenvalue weighted by atomic mass is 16.6. The molecule has 3 aromatic rings. The van der Waals surface area contributed by atoms with Crippen LogP contribution in [0, 0.1) is 0 Å². The Morgan fingerprint density at radius 2 is 1.60 bits per heavy atom. The smallest absolute Gasteiger partial charge is 0.342 e. The fraction of sp³-hybridized carbons (Fsp3) is 0.192. The van der Waals surface area contributed by atoms with Gasteiger partial charge in [0.2, 0.25) is 0 Å². The van der Waals surface area contributed by atoms with Crippen LogP contribution in [0.3, 0.4) is 0 Å². The molecule has 0 saturated carbocycles. The van der Waals surface area contributed by atoms with Crippen molar-refractivity contribution in [1.29, 1.82) is 0 Å². The zero-order chi connectivity index (χ0) is 24.5. The summed E-state index contributed by atoms with van der Waals surface area (Å²) >= 11 is 0. The minimum atomic E-state index is -0.773. The van der Waals surface area contributed by atoms with Crippen molar-refractivity contribution in [2.75, 3.05) is 19.8 Å². The van der Waals surface area contributed by atoms with Gasteiger partial charge in [0, 0.05) is 0 Å². The predicted molar refractivity (Wildman–Crippen MR) is 125 cm³/mol. The molecule has 0 saturated heterocycles. The van der Waals surface area contributed by atoms with Crippen LogP contribution in [0.4, 0.5) is 4.79 Å². The van der Waals surface area contributed by atoms with Gasteiger partial charge in [0.05, 0.1) is 6.54 Å². The van der Waals surface area contributed by atoms with Crippen molar-refractivity contribution in [2.45, 2.75) is 12.7 Å². The first-order valence-corrected chi connectivity index (χ1v) is 11.0. The third-order valence-corrected chi connectivity index (χ3v) is 4.99. The second-order valence-corrected chi connectivity index (χ2v) is 7.60. The monoisotopic (exact) mass is 476 g/mol. The first-order chi connectivity index (χ1) is 17.1. The topological polar surface area (TPSA) is 112 Å². The molecule has 2 N–H and O–H groups in total. The summed E-state index contributed by atoms with van der Waals surface area (Å²) < 4.78 is 22.1. The normalized spacial score (nSPS) is 13.9. The van der Waals surface area contributed by atoms with E-state index in [4.69, 9.17) is 18.9 Å². The van der Waals surface area contributed by atoms with Gasteiger partial charge in [0.1, 0.15) is 24.5 Å². The number of urea groups is 1. The number of imide groups is 1. The standard InChI is InChI=1S/C26H24N2O7/c29-24(28-26(31)27-14-19-16-33-22-12-6-7-13-23(22)35-19)17-34-25(30)20-10-4-5-11-21(20)32-15-18-8-2-1-3-9-18/h1-13,19H,14-17H2,(H2,27,28,29,31). The van der Waals surface area contributed by atoms with Crippen molar-refractivity contribution in [1.82, 2.24) is 10.6 Å². The summed E-state index contributed by atoms with van der Waals surface area (Å²) in [6.45, 7) is 0.0246. The number of fused-ring (bicyclic) bond motifs is 1. The lowest BCUT2D eigenvalue weighted by atomic mass is 10.2. The molecule has 1 atom stereocenters. The van der Waals surface area contributed by atoms with Crippen LogP contribution < -0.4 is 24.8 Å². The summed E-state index contributed by atoms with van der Waals surface area (Å²) in [7, 11) is 0. The quantitative estimate of drug-likeness (QED) is 0.481. The Labute approximate surface area is 201 Å². The van der Waals surface area contributed by atoms with E-state index in [2.05, 4.69) is 10.6 Å². The molecule has 35 heavy (non-hydrogen) atoms. The number of hydrogen-bond acceptors (Lipinski definition) is 7. The molecule has 0 bridgehead atoms. The fourth-order valence-corrected chi connectivity index (χ4v) is 3.28. The molecule has 3 aromatic carbocycles. The highest BCUT2D eigenvalue weighted by Crippen LogP contribution is 2.30. The third kappa shape index (κ3) is 6.73. The molecule has 0 spiro atoms. The average molecular weight is 476 g/mol. The first kappa shape index (κ1) is 23.6. The molecule has 4 rings (SSSR count). The van der Waals surface area contributed by atoms with Gasteiger partial charge in [-0.25, -0.2) is 9.59 Å². The van der Waals surface area contributed by atoms with Crippen molar-refractivity contribution >= 4 is 17.9 Å². The molecule has 9 nitrogen and oxygen atoms in total. The molecule has 0 fully saturated rings. The minimum Gasteiger partial charge on any atom is -0.488 e. The highest BCUT2D eigenvalue weighted by Gasteiger charge is 2.22. The van der Waals surface area contributed by atoms with Gasteiger partial charge in [-0.15, -0.1) is 0 Å². The summed E-state index contributed by atoms with van der Waals surface area (Å²) in [5.74, 6) is 0.0373. The SMILES string of the molecule is O=C(COC(=O)c1ccccc1OCc1ccccc1)NC(=O)NCC1COc2ccccc2O1. The van der Waals surface area contributed by atoms with Gasteiger partial charge < -0.3 is 24.3 Å². The molecule has 3 amide bonds. The largest absolute Gasteiger partial charge is 0.488 e. The van der Waals surface area contributed by atoms with Gasteiger partial charge in [0.15, 0.2) is 24.2 Å². The molecule has 0 aromatic heterocycles. The summed E-state index contributed by atoms with van der Waals surface area (Å²) in [4.78, 5) is 36.6. The number of carbonyl (C=O) groups is 3. The molecule has 9 heteroatoms. The minimum absolute atomic E-state index is 0.124. The van der Waals surface area contributed by atoms with Crippen molar-refractivity contribution in [2.24, 2.45) is 0 Å². The van der Waals surface area contributed by atoms with Gasteiger partial charge in [-0.2, -0.15) is 0 Å². The molecule has 180 valence electrons. The van der Waals surface area contributed by atoms with E-state index in [0.717, 1.165) is 5.56 Å². The molecular weight excluding hydrogens is 452 g/mol. The summed E-state index contributed by atoms with van der Waals surface area (Å²) in [5.41, 5.74) is 1.12. The van der Waals surface area contributed by atoms with Crippen LogP contribution >= 0.6 is 0 Å². The van der Waals surface area contributed by atoms with E-state index in [1.54, 1.807) is 30.3 Å². The number of rotatable bonds is 8. The van der Waals surface area contributed by atoms with Crippen molar-refractivity contribution < 1.29 is 33.3 Å². The molecule has 1 heterocycles. The van der Waals surface area contributed by atoms with Gasteiger partial charge in [-0.1, -0.05) is 54.6 Å². The predicted octanol–water partition coefficient (Wildman–Crippen LogP) is 3.09. The second kappa shape index (κ2) is 11.6. The number of carbonyl (C=O) groups excluding carboxylic acids is 3. The van der Waals surface area contributed by atoms with Crippen LogP contribution in [-0.4, -0.2) is 43.8 Å². The lowest BCUT2D eigenvalue weighted by molar-refractivity contribution is -0.123. The van der Waals surface area contributed by atoms with Crippen LogP contribution in [0.2, 0.25) is 0 Å². The van der Waals surface area contributed by atoms with E-state index in [9.17, 15) is 14.4 Å². The van der Waals surface area contributed by atoms with Crippen LogP contribution in [0.15, 0.2) is 78.9 Å². The Morgan fingerprint density at radius 3 is 2.43 bits per heavy atom. The summed E-state index contributed by atoms with van der Waals surface area (Å²) in [5, 5.41) is 4.65. The molecule has 1 unspecified atom stereocenters. The molecule has 0 aliphatic carbocycles. The Balaban J connectivity index is 1.20. The molecule has 1 aliphatic heterocycles. The van der Waals surface area contributed by atoms with Gasteiger partial charge in [-0.05, 0) is 29.8 Å². The zero-order valence-electron chi connectivity index (χ0n) is 18.8. The second-order valence-electron chi connectivity index (χ2n) is 7.60.